The molecule has 0 aromatic rings. The minimum Gasteiger partial charge on any atom is -0.356 e. The van der Waals surface area contributed by atoms with E-state index in [0.29, 0.717) is 0 Å². The number of hydrogen-bond acceptors (Lipinski definition) is 3. The maximum Gasteiger partial charge on any atom is 0.316 e. The van der Waals surface area contributed by atoms with Crippen LogP contribution in [-0.2, 0) is 0 Å². The van der Waals surface area contributed by atoms with Gasteiger partial charge in [0.25, 0.3) is 0 Å². The van der Waals surface area contributed by atoms with Crippen LogP contribution in [0.15, 0.2) is 0 Å². The van der Waals surface area contributed by atoms with Crippen LogP contribution in [0.4, 0.5) is 0 Å². The second-order valence-corrected chi connectivity index (χ2v) is 0.224. The van der Waals surface area contributed by atoms with Crippen molar-refractivity contribution in [2.24, 2.45) is 0 Å². The van der Waals surface area contributed by atoms with Crippen molar-refractivity contribution in [3.05, 3.63) is 15.3 Å². The van der Waals surface area contributed by atoms with Gasteiger partial charge in [-0.1, -0.05) is 0 Å². The van der Waals surface area contributed by atoms with Gasteiger partial charge in [-0.15, -0.1) is 0 Å². The van der Waals surface area contributed by atoms with E-state index in [-0.39, 0.29) is 64.3 Å². The van der Waals surface area contributed by atoms with Crippen LogP contribution in [0, 0.1) is 56.6 Å². The van der Waals surface area contributed by atoms with Crippen LogP contribution in [0.1, 0.15) is 0 Å². The van der Waals surface area contributed by atoms with E-state index in [1.807, 2.05) is 0 Å². The Morgan fingerprint density at radius 1 is 1.33 bits per heavy atom. The monoisotopic (exact) mass is 229 g/mol. The number of rotatable bonds is 0. The average molecular weight is 229 g/mol. The van der Waals surface area contributed by atoms with E-state index in [1.54, 1.807) is 0 Å². The quantitative estimate of drug-likeness (QED) is 0.299. The molecule has 0 atom stereocenters. The van der Waals surface area contributed by atoms with Crippen molar-refractivity contribution >= 4 is 23.1 Å². The van der Waals surface area contributed by atoms with Crippen LogP contribution < -0.4 is 0 Å². The van der Waals surface area contributed by atoms with Gasteiger partial charge in [0, 0.05) is 41.3 Å². The molecule has 0 N–H and O–H groups in total. The average Bonchev–Trinajstić information content (AvgIpc) is 0.811. The molecule has 0 aliphatic rings. The second kappa shape index (κ2) is 9.59. The minimum absolute atomic E-state index is 0. The second-order valence-electron chi connectivity index (χ2n) is 0.224. The van der Waals surface area contributed by atoms with Gasteiger partial charge >= 0.3 is 23.1 Å². The Morgan fingerprint density at radius 2 is 1.33 bits per heavy atom. The summed E-state index contributed by atoms with van der Waals surface area (Å²) < 4.78 is 0. The fraction of sp³-hybridized carbons (Fsp3) is 0. The molecule has 0 aromatic heterocycles. The molecule has 0 saturated heterocycles. The smallest absolute Gasteiger partial charge is 0.316 e. The fourth-order valence-electron chi connectivity index (χ4n) is 0. The molecule has 0 aliphatic heterocycles. The SMILES string of the molecule is O=[N+]([O-])[O-].[MgH2].[Pr]. The maximum atomic E-state index is 8.25. The zero-order valence-electron chi connectivity index (χ0n) is 2.25. The summed E-state index contributed by atoms with van der Waals surface area (Å²) in [6.07, 6.45) is 0. The number of hydrogen-bond donors (Lipinski definition) is 0. The Balaban J connectivity index is -0.0000000450. The first-order valence-corrected chi connectivity index (χ1v) is 0.548. The van der Waals surface area contributed by atoms with Gasteiger partial charge in [-0.05, 0) is 0 Å². The summed E-state index contributed by atoms with van der Waals surface area (Å²) in [7, 11) is 0. The molecule has 0 aliphatic carbocycles. The van der Waals surface area contributed by atoms with Crippen LogP contribution >= 0.6 is 0 Å². The van der Waals surface area contributed by atoms with Crippen LogP contribution in [0.2, 0.25) is 0 Å². The van der Waals surface area contributed by atoms with E-state index >= 15 is 0 Å². The molecule has 0 bridgehead atoms. The minimum atomic E-state index is -1.75. The standard InChI is InChI=1S/Mg.NO3.Pr.2H/c;2-1(3)4;;;/q;-1;;;. The molecule has 0 fully saturated rings. The largest absolute Gasteiger partial charge is 0.356 e. The van der Waals surface area contributed by atoms with E-state index < -0.39 is 5.09 Å². The molecular weight excluding hydrogens is 227 g/mol. The van der Waals surface area contributed by atoms with Crippen molar-refractivity contribution in [2.75, 3.05) is 0 Å². The maximum absolute atomic E-state index is 8.25. The van der Waals surface area contributed by atoms with E-state index in [4.69, 9.17) is 15.3 Å². The van der Waals surface area contributed by atoms with Gasteiger partial charge in [0.15, 0.2) is 0 Å². The molecule has 0 heterocycles. The summed E-state index contributed by atoms with van der Waals surface area (Å²) in [6.45, 7) is 0. The summed E-state index contributed by atoms with van der Waals surface area (Å²) in [4.78, 5) is 8.25. The van der Waals surface area contributed by atoms with Crippen molar-refractivity contribution in [3.8, 4) is 0 Å². The van der Waals surface area contributed by atoms with Crippen molar-refractivity contribution in [1.29, 1.82) is 0 Å². The summed E-state index contributed by atoms with van der Waals surface area (Å²) in [5, 5.41) is 14.8. The zero-order valence-corrected chi connectivity index (χ0v) is 5.95. The van der Waals surface area contributed by atoms with Crippen molar-refractivity contribution in [3.63, 3.8) is 0 Å². The molecule has 31 valence electrons. The Kier molecular flexibility index (Phi) is 25.0. The third kappa shape index (κ3) is 56.5. The van der Waals surface area contributed by atoms with Crippen molar-refractivity contribution < 1.29 is 46.4 Å². The molecule has 0 amide bonds. The summed E-state index contributed by atoms with van der Waals surface area (Å²) >= 11 is 0. The van der Waals surface area contributed by atoms with Gasteiger partial charge in [0.1, 0.15) is 0 Å². The predicted octanol–water partition coefficient (Wildman–Crippen LogP) is -1.16. The van der Waals surface area contributed by atoms with Gasteiger partial charge in [0.05, 0.1) is 5.09 Å². The molecule has 0 spiro atoms. The van der Waals surface area contributed by atoms with Crippen LogP contribution in [0.3, 0.4) is 0 Å². The first-order valence-electron chi connectivity index (χ1n) is 0.548. The first kappa shape index (κ1) is 15.7. The molecule has 0 aromatic carbocycles. The normalized spacial score (nSPS) is 4.00. The zero-order chi connectivity index (χ0) is 3.58. The molecular formula is H2MgNO3Pr-. The van der Waals surface area contributed by atoms with Gasteiger partial charge in [-0.3, -0.25) is 0 Å². The van der Waals surface area contributed by atoms with Crippen molar-refractivity contribution in [2.45, 2.75) is 0 Å². The predicted molar refractivity (Wildman–Crippen MR) is 18.9 cm³/mol. The third-order valence-corrected chi connectivity index (χ3v) is 0. The van der Waals surface area contributed by atoms with Gasteiger partial charge in [-0.25, -0.2) is 0 Å². The molecule has 0 saturated carbocycles. The fourth-order valence-corrected chi connectivity index (χ4v) is 0. The van der Waals surface area contributed by atoms with E-state index in [9.17, 15) is 0 Å². The van der Waals surface area contributed by atoms with Gasteiger partial charge < -0.3 is 15.3 Å². The topological polar surface area (TPSA) is 66.2 Å². The van der Waals surface area contributed by atoms with Crippen LogP contribution in [0.5, 0.6) is 0 Å². The van der Waals surface area contributed by atoms with E-state index in [1.165, 1.54) is 0 Å². The van der Waals surface area contributed by atoms with E-state index in [2.05, 4.69) is 0 Å². The summed E-state index contributed by atoms with van der Waals surface area (Å²) in [5.74, 6) is 0. The third-order valence-electron chi connectivity index (χ3n) is 0. The molecule has 0 rings (SSSR count). The van der Waals surface area contributed by atoms with Crippen LogP contribution in [0.25, 0.3) is 0 Å². The number of nitrogens with zero attached hydrogens (tertiary/aromatic N) is 1. The Hall–Kier alpha value is 1.33. The molecule has 1 radical (unpaired) electrons. The van der Waals surface area contributed by atoms with Crippen molar-refractivity contribution in [1.82, 2.24) is 0 Å². The Morgan fingerprint density at radius 3 is 1.33 bits per heavy atom. The Bertz CT molecular complexity index is 33.8. The molecule has 4 nitrogen and oxygen atoms in total. The van der Waals surface area contributed by atoms with Gasteiger partial charge in [0.2, 0.25) is 0 Å². The summed E-state index contributed by atoms with van der Waals surface area (Å²) in [5.41, 5.74) is 0. The Labute approximate surface area is 83.5 Å². The van der Waals surface area contributed by atoms with Gasteiger partial charge in [-0.2, -0.15) is 0 Å². The van der Waals surface area contributed by atoms with E-state index in [0.717, 1.165) is 0 Å². The first-order chi connectivity index (χ1) is 1.73. The summed E-state index contributed by atoms with van der Waals surface area (Å²) in [6, 6.07) is 0. The molecule has 6 heteroatoms. The molecule has 6 heavy (non-hydrogen) atoms. The van der Waals surface area contributed by atoms with Crippen LogP contribution in [-0.4, -0.2) is 28.1 Å². The molecule has 0 unspecified atom stereocenters.